The predicted octanol–water partition coefficient (Wildman–Crippen LogP) is 3.19. The minimum absolute atomic E-state index is 0.162. The van der Waals surface area contributed by atoms with Crippen LogP contribution in [0.15, 0.2) is 22.7 Å². The van der Waals surface area contributed by atoms with E-state index in [9.17, 15) is 14.4 Å². The molecule has 0 aliphatic carbocycles. The van der Waals surface area contributed by atoms with E-state index in [2.05, 4.69) is 15.9 Å². The topological polar surface area (TPSA) is 76.2 Å². The molecular weight excluding hydrogens is 480 g/mol. The molecule has 0 saturated carbocycles. The van der Waals surface area contributed by atoms with Crippen molar-refractivity contribution in [1.29, 1.82) is 0 Å². The maximum absolute atomic E-state index is 13.7. The van der Waals surface area contributed by atoms with Crippen LogP contribution in [-0.4, -0.2) is 58.6 Å². The van der Waals surface area contributed by atoms with Gasteiger partial charge in [0.25, 0.3) is 11.8 Å². The fourth-order valence-electron chi connectivity index (χ4n) is 4.62. The van der Waals surface area contributed by atoms with Crippen LogP contribution in [0.1, 0.15) is 31.9 Å². The second kappa shape index (κ2) is 6.55. The number of ether oxygens (including phenoxy) is 2. The van der Waals surface area contributed by atoms with Gasteiger partial charge in [-0.05, 0) is 32.0 Å². The van der Waals surface area contributed by atoms with Gasteiger partial charge >= 0.3 is 5.97 Å². The number of esters is 1. The van der Waals surface area contributed by atoms with Crippen LogP contribution in [0.5, 0.6) is 5.75 Å². The Hall–Kier alpha value is -1.39. The van der Waals surface area contributed by atoms with Crippen molar-refractivity contribution in [2.75, 3.05) is 21.3 Å². The Balaban J connectivity index is 2.00. The highest BCUT2D eigenvalue weighted by atomic mass is 79.9. The molecule has 4 fully saturated rings. The first-order valence-electron chi connectivity index (χ1n) is 8.97. The first-order chi connectivity index (χ1) is 13.6. The molecule has 4 aliphatic heterocycles. The molecule has 0 aromatic heterocycles. The van der Waals surface area contributed by atoms with Gasteiger partial charge in [0.1, 0.15) is 5.75 Å². The van der Waals surface area contributed by atoms with Crippen molar-refractivity contribution in [3.05, 3.63) is 28.2 Å². The molecule has 5 rings (SSSR count). The molecule has 4 aliphatic rings. The predicted molar refractivity (Wildman–Crippen MR) is 114 cm³/mol. The molecule has 4 atom stereocenters. The first-order valence-corrected chi connectivity index (χ1v) is 11.9. The molecule has 2 bridgehead atoms. The third kappa shape index (κ3) is 2.48. The summed E-state index contributed by atoms with van der Waals surface area (Å²) in [5.74, 6) is -0.281. The van der Waals surface area contributed by atoms with Gasteiger partial charge < -0.3 is 19.3 Å². The van der Waals surface area contributed by atoms with Gasteiger partial charge in [-0.2, -0.15) is 0 Å². The van der Waals surface area contributed by atoms with Crippen LogP contribution < -0.4 is 4.74 Å². The van der Waals surface area contributed by atoms with Crippen molar-refractivity contribution in [2.24, 2.45) is 5.41 Å². The summed E-state index contributed by atoms with van der Waals surface area (Å²) >= 11 is 3.48. The highest BCUT2D eigenvalue weighted by Crippen LogP contribution is 2.70. The summed E-state index contributed by atoms with van der Waals surface area (Å²) in [6.45, 7) is 3.51. The molecule has 10 heteroatoms. The monoisotopic (exact) mass is 500 g/mol. The van der Waals surface area contributed by atoms with Gasteiger partial charge in [0.2, 0.25) is 0 Å². The zero-order valence-corrected chi connectivity index (χ0v) is 19.9. The third-order valence-corrected chi connectivity index (χ3v) is 10.4. The van der Waals surface area contributed by atoms with E-state index in [0.29, 0.717) is 11.3 Å². The normalized spacial score (nSPS) is 35.7. The fourth-order valence-corrected chi connectivity index (χ4v) is 8.58. The summed E-state index contributed by atoms with van der Waals surface area (Å²) in [5.41, 5.74) is -0.463. The zero-order valence-electron chi connectivity index (χ0n) is 16.6. The second-order valence-electron chi connectivity index (χ2n) is 7.85. The van der Waals surface area contributed by atoms with Crippen molar-refractivity contribution in [2.45, 2.75) is 36.1 Å². The number of methoxy groups -OCH3 is 2. The lowest BCUT2D eigenvalue weighted by molar-refractivity contribution is -0.165. The van der Waals surface area contributed by atoms with E-state index in [-0.39, 0.29) is 18.2 Å². The van der Waals surface area contributed by atoms with E-state index in [0.717, 1.165) is 4.47 Å². The third-order valence-electron chi connectivity index (χ3n) is 6.23. The van der Waals surface area contributed by atoms with Crippen LogP contribution in [0, 0.1) is 5.41 Å². The molecule has 7 nitrogen and oxygen atoms in total. The smallest absolute Gasteiger partial charge is 0.314 e. The van der Waals surface area contributed by atoms with Crippen LogP contribution in [0.2, 0.25) is 0 Å². The quantitative estimate of drug-likeness (QED) is 0.465. The lowest BCUT2D eigenvalue weighted by Crippen LogP contribution is -2.73. The fraction of sp³-hybridized carbons (Fsp3) is 0.526. The van der Waals surface area contributed by atoms with Crippen molar-refractivity contribution < 1.29 is 23.9 Å². The molecule has 1 spiro atoms. The Kier molecular flexibility index (Phi) is 4.71. The highest BCUT2D eigenvalue weighted by Gasteiger charge is 2.76. The second-order valence-corrected chi connectivity index (χ2v) is 11.6. The SMILES string of the molecule is COC(=O)[C@@]1(C)C[C@@]23SS[C@@](C)(C(=O)N2C1c1cc(Br)ccc1OC)N(C)C3=O. The number of carbonyl (C=O) groups is 3. The van der Waals surface area contributed by atoms with Crippen LogP contribution >= 0.6 is 37.5 Å². The van der Waals surface area contributed by atoms with Gasteiger partial charge in [0.05, 0.1) is 25.7 Å². The largest absolute Gasteiger partial charge is 0.496 e. The number of benzene rings is 1. The van der Waals surface area contributed by atoms with E-state index in [4.69, 9.17) is 9.47 Å². The molecule has 2 amide bonds. The van der Waals surface area contributed by atoms with Crippen LogP contribution in [0.3, 0.4) is 0 Å². The molecular formula is C19H21BrN2O5S2. The molecule has 29 heavy (non-hydrogen) atoms. The lowest BCUT2D eigenvalue weighted by atomic mass is 9.78. The Bertz CT molecular complexity index is 945. The number of hydrogen-bond donors (Lipinski definition) is 0. The highest BCUT2D eigenvalue weighted by molar-refractivity contribution is 9.10. The van der Waals surface area contributed by atoms with E-state index < -0.39 is 27.2 Å². The number of fused-ring (bicyclic) bond motifs is 2. The average molecular weight is 501 g/mol. The Morgan fingerprint density at radius 2 is 1.90 bits per heavy atom. The number of halogens is 1. The van der Waals surface area contributed by atoms with E-state index >= 15 is 0 Å². The van der Waals surface area contributed by atoms with E-state index in [1.54, 1.807) is 39.0 Å². The summed E-state index contributed by atoms with van der Waals surface area (Å²) in [6.07, 6.45) is 0.162. The Labute approximate surface area is 185 Å². The van der Waals surface area contributed by atoms with Crippen molar-refractivity contribution in [3.63, 3.8) is 0 Å². The average Bonchev–Trinajstić information content (AvgIpc) is 2.99. The Morgan fingerprint density at radius 3 is 2.52 bits per heavy atom. The Morgan fingerprint density at radius 1 is 1.21 bits per heavy atom. The van der Waals surface area contributed by atoms with Gasteiger partial charge in [-0.25, -0.2) is 0 Å². The standard InChI is InChI=1S/C19H21BrN2O5S2/c1-17(16(25)27-5)9-19-15(24)21(3)18(2,28-29-19)14(23)22(19)13(17)11-8-10(20)6-7-12(11)26-4/h6-8,13H,9H2,1-5H3/t13?,17-,18-,19-/m0/s1. The molecule has 1 unspecified atom stereocenters. The molecule has 1 aromatic carbocycles. The maximum atomic E-state index is 13.7. The molecule has 0 radical (unpaired) electrons. The molecule has 1 aromatic rings. The number of piperazine rings is 1. The van der Waals surface area contributed by atoms with Gasteiger partial charge in [-0.15, -0.1) is 0 Å². The summed E-state index contributed by atoms with van der Waals surface area (Å²) in [5, 5.41) is 0. The van der Waals surface area contributed by atoms with Crippen LogP contribution in [0.4, 0.5) is 0 Å². The molecule has 4 heterocycles. The number of hydrogen-bond acceptors (Lipinski definition) is 7. The van der Waals surface area contributed by atoms with Gasteiger partial charge in [0, 0.05) is 23.5 Å². The number of amides is 2. The number of likely N-dealkylation sites (N-methyl/N-ethyl adjacent to an activating group) is 1. The van der Waals surface area contributed by atoms with Gasteiger partial charge in [-0.1, -0.05) is 37.5 Å². The van der Waals surface area contributed by atoms with Gasteiger partial charge in [-0.3, -0.25) is 14.4 Å². The first kappa shape index (κ1) is 20.9. The van der Waals surface area contributed by atoms with Gasteiger partial charge in [0.15, 0.2) is 9.74 Å². The van der Waals surface area contributed by atoms with Crippen LogP contribution in [0.25, 0.3) is 0 Å². The summed E-state index contributed by atoms with van der Waals surface area (Å²) in [6, 6.07) is 4.75. The van der Waals surface area contributed by atoms with Crippen molar-refractivity contribution in [1.82, 2.24) is 9.80 Å². The number of nitrogens with zero attached hydrogens (tertiary/aromatic N) is 2. The van der Waals surface area contributed by atoms with E-state index in [1.165, 1.54) is 33.6 Å². The van der Waals surface area contributed by atoms with Crippen molar-refractivity contribution in [3.8, 4) is 5.75 Å². The molecule has 0 N–H and O–H groups in total. The maximum Gasteiger partial charge on any atom is 0.314 e. The number of rotatable bonds is 3. The minimum atomic E-state index is -1.17. The molecule has 4 saturated heterocycles. The summed E-state index contributed by atoms with van der Waals surface area (Å²) in [7, 11) is 7.25. The summed E-state index contributed by atoms with van der Waals surface area (Å²) in [4.78, 5) is 41.1. The lowest BCUT2D eigenvalue weighted by Gasteiger charge is -2.57. The van der Waals surface area contributed by atoms with Crippen molar-refractivity contribution >= 4 is 55.3 Å². The minimum Gasteiger partial charge on any atom is -0.496 e. The molecule has 156 valence electrons. The van der Waals surface area contributed by atoms with Crippen LogP contribution in [-0.2, 0) is 19.1 Å². The summed E-state index contributed by atoms with van der Waals surface area (Å²) < 4.78 is 11.5. The van der Waals surface area contributed by atoms with E-state index in [1.807, 2.05) is 12.1 Å². The zero-order chi connectivity index (χ0) is 21.4. The number of carbonyl (C=O) groups excluding carboxylic acids is 3.